The van der Waals surface area contributed by atoms with Gasteiger partial charge in [-0.1, -0.05) is 11.3 Å². The summed E-state index contributed by atoms with van der Waals surface area (Å²) in [4.78, 5) is 24.1. The summed E-state index contributed by atoms with van der Waals surface area (Å²) in [6.45, 7) is 1.47. The van der Waals surface area contributed by atoms with Crippen molar-refractivity contribution in [3.05, 3.63) is 42.0 Å². The van der Waals surface area contributed by atoms with Crippen molar-refractivity contribution in [1.82, 2.24) is 9.88 Å². The monoisotopic (exact) mass is 442 g/mol. The van der Waals surface area contributed by atoms with Crippen LogP contribution in [0.1, 0.15) is 16.8 Å². The first-order valence-corrected chi connectivity index (χ1v) is 10.9. The van der Waals surface area contributed by atoms with E-state index in [4.69, 9.17) is 14.5 Å². The molecule has 0 spiro atoms. The van der Waals surface area contributed by atoms with Crippen LogP contribution in [0.4, 0.5) is 10.8 Å². The van der Waals surface area contributed by atoms with E-state index in [1.165, 1.54) is 11.3 Å². The molecule has 7 nitrogen and oxygen atoms in total. The zero-order valence-corrected chi connectivity index (χ0v) is 19.8. The van der Waals surface area contributed by atoms with E-state index in [0.29, 0.717) is 28.7 Å². The number of hydrogen-bond donors (Lipinski definition) is 0. The van der Waals surface area contributed by atoms with Gasteiger partial charge in [0, 0.05) is 44.0 Å². The quantitative estimate of drug-likeness (QED) is 0.500. The average Bonchev–Trinajstić information content (AvgIpc) is 3.17. The van der Waals surface area contributed by atoms with Crippen LogP contribution in [-0.4, -0.2) is 71.3 Å². The maximum absolute atomic E-state index is 13.4. The number of methoxy groups -OCH3 is 2. The SMILES string of the molecule is COc1cc2nc(N(CCCN(C)C)C(=O)c3ccc(N(C)C)cc3)sc2cc1OC. The topological polar surface area (TPSA) is 58.1 Å². The number of fused-ring (bicyclic) bond motifs is 1. The molecule has 0 bridgehead atoms. The van der Waals surface area contributed by atoms with E-state index in [9.17, 15) is 4.79 Å². The molecule has 0 aliphatic heterocycles. The first kappa shape index (κ1) is 22.8. The maximum atomic E-state index is 13.4. The number of ether oxygens (including phenoxy) is 2. The van der Waals surface area contributed by atoms with Crippen LogP contribution in [0, 0.1) is 0 Å². The van der Waals surface area contributed by atoms with Crippen LogP contribution < -0.4 is 19.3 Å². The fraction of sp³-hybridized carbons (Fsp3) is 0.391. The number of hydrogen-bond acceptors (Lipinski definition) is 7. The third-order valence-electron chi connectivity index (χ3n) is 4.98. The fourth-order valence-corrected chi connectivity index (χ4v) is 4.25. The second-order valence-corrected chi connectivity index (χ2v) is 8.74. The predicted molar refractivity (Wildman–Crippen MR) is 128 cm³/mol. The summed E-state index contributed by atoms with van der Waals surface area (Å²) in [7, 11) is 11.2. The van der Waals surface area contributed by atoms with Gasteiger partial charge in [-0.05, 0) is 51.3 Å². The van der Waals surface area contributed by atoms with Crippen molar-refractivity contribution in [1.29, 1.82) is 0 Å². The van der Waals surface area contributed by atoms with Crippen molar-refractivity contribution >= 4 is 38.3 Å². The molecule has 166 valence electrons. The smallest absolute Gasteiger partial charge is 0.260 e. The lowest BCUT2D eigenvalue weighted by atomic mass is 10.1. The first-order valence-electron chi connectivity index (χ1n) is 10.1. The molecule has 1 amide bonds. The number of anilines is 2. The summed E-state index contributed by atoms with van der Waals surface area (Å²) < 4.78 is 11.8. The molecule has 0 atom stereocenters. The van der Waals surface area contributed by atoms with Crippen LogP contribution in [-0.2, 0) is 0 Å². The normalized spacial score (nSPS) is 11.1. The van der Waals surface area contributed by atoms with Crippen molar-refractivity contribution in [2.75, 3.05) is 65.3 Å². The molecular formula is C23H30N4O3S. The third-order valence-corrected chi connectivity index (χ3v) is 6.02. The Morgan fingerprint density at radius 3 is 2.19 bits per heavy atom. The van der Waals surface area contributed by atoms with Gasteiger partial charge >= 0.3 is 0 Å². The Morgan fingerprint density at radius 1 is 0.968 bits per heavy atom. The summed E-state index contributed by atoms with van der Waals surface area (Å²) in [6.07, 6.45) is 0.844. The zero-order chi connectivity index (χ0) is 22.5. The molecule has 0 fully saturated rings. The Bertz CT molecular complexity index is 990. The van der Waals surface area contributed by atoms with Crippen molar-refractivity contribution in [2.45, 2.75) is 6.42 Å². The van der Waals surface area contributed by atoms with E-state index in [2.05, 4.69) is 4.90 Å². The standard InChI is InChI=1S/C23H30N4O3S/c1-25(2)12-7-13-27(22(28)16-8-10-17(11-9-16)26(3)4)23-24-18-14-19(29-5)20(30-6)15-21(18)31-23/h8-11,14-15H,7,12-13H2,1-6H3. The van der Waals surface area contributed by atoms with Gasteiger partial charge in [-0.2, -0.15) is 0 Å². The lowest BCUT2D eigenvalue weighted by Crippen LogP contribution is -2.33. The number of benzene rings is 2. The fourth-order valence-electron chi connectivity index (χ4n) is 3.25. The summed E-state index contributed by atoms with van der Waals surface area (Å²) in [6, 6.07) is 11.4. The number of aromatic nitrogens is 1. The number of rotatable bonds is 9. The molecule has 0 saturated carbocycles. The average molecular weight is 443 g/mol. The maximum Gasteiger partial charge on any atom is 0.260 e. The summed E-state index contributed by atoms with van der Waals surface area (Å²) in [5.41, 5.74) is 2.48. The Hall–Kier alpha value is -2.84. The molecule has 3 rings (SSSR count). The van der Waals surface area contributed by atoms with E-state index in [1.807, 2.05) is 69.5 Å². The molecule has 1 heterocycles. The molecule has 0 unspecified atom stereocenters. The van der Waals surface area contributed by atoms with Gasteiger partial charge in [0.15, 0.2) is 16.6 Å². The minimum Gasteiger partial charge on any atom is -0.493 e. The highest BCUT2D eigenvalue weighted by atomic mass is 32.1. The van der Waals surface area contributed by atoms with E-state index < -0.39 is 0 Å². The van der Waals surface area contributed by atoms with E-state index in [-0.39, 0.29) is 5.91 Å². The molecule has 2 aromatic carbocycles. The number of amides is 1. The molecule has 8 heteroatoms. The Kier molecular flexibility index (Phi) is 7.35. The third kappa shape index (κ3) is 5.26. The molecule has 0 aliphatic rings. The van der Waals surface area contributed by atoms with E-state index in [0.717, 1.165) is 28.9 Å². The molecular weight excluding hydrogens is 412 g/mol. The van der Waals surface area contributed by atoms with Gasteiger partial charge in [-0.3, -0.25) is 9.69 Å². The molecule has 31 heavy (non-hydrogen) atoms. The molecule has 1 aromatic heterocycles. The molecule has 0 saturated heterocycles. The summed E-state index contributed by atoms with van der Waals surface area (Å²) in [5, 5.41) is 0.672. The van der Waals surface area contributed by atoms with Gasteiger partial charge in [-0.25, -0.2) is 4.98 Å². The lowest BCUT2D eigenvalue weighted by Gasteiger charge is -2.21. The molecule has 0 aliphatic carbocycles. The molecule has 0 N–H and O–H groups in total. The highest BCUT2D eigenvalue weighted by molar-refractivity contribution is 7.22. The molecule has 3 aromatic rings. The zero-order valence-electron chi connectivity index (χ0n) is 19.0. The van der Waals surface area contributed by atoms with Gasteiger partial charge in [0.05, 0.1) is 24.4 Å². The number of nitrogens with zero attached hydrogens (tertiary/aromatic N) is 4. The minimum atomic E-state index is -0.0537. The van der Waals surface area contributed by atoms with Crippen LogP contribution in [0.25, 0.3) is 10.2 Å². The predicted octanol–water partition coefficient (Wildman–Crippen LogP) is 3.98. The van der Waals surface area contributed by atoms with Crippen LogP contribution >= 0.6 is 11.3 Å². The van der Waals surface area contributed by atoms with Gasteiger partial charge in [0.25, 0.3) is 5.91 Å². The van der Waals surface area contributed by atoms with Gasteiger partial charge in [0.1, 0.15) is 0 Å². The van der Waals surface area contributed by atoms with Crippen LogP contribution in [0.15, 0.2) is 36.4 Å². The van der Waals surface area contributed by atoms with Crippen LogP contribution in [0.3, 0.4) is 0 Å². The minimum absolute atomic E-state index is 0.0537. The van der Waals surface area contributed by atoms with Gasteiger partial charge < -0.3 is 19.3 Å². The number of thiazole rings is 1. The van der Waals surface area contributed by atoms with E-state index in [1.54, 1.807) is 19.1 Å². The summed E-state index contributed by atoms with van der Waals surface area (Å²) in [5.74, 6) is 1.22. The second kappa shape index (κ2) is 9.98. The Balaban J connectivity index is 1.96. The van der Waals surface area contributed by atoms with Crippen molar-refractivity contribution in [3.63, 3.8) is 0 Å². The van der Waals surface area contributed by atoms with Crippen LogP contribution in [0.5, 0.6) is 11.5 Å². The van der Waals surface area contributed by atoms with Crippen molar-refractivity contribution in [3.8, 4) is 11.5 Å². The Morgan fingerprint density at radius 2 is 1.61 bits per heavy atom. The van der Waals surface area contributed by atoms with Gasteiger partial charge in [0.2, 0.25) is 0 Å². The Labute approximate surface area is 187 Å². The van der Waals surface area contributed by atoms with Crippen molar-refractivity contribution < 1.29 is 14.3 Å². The first-order chi connectivity index (χ1) is 14.8. The second-order valence-electron chi connectivity index (χ2n) is 7.73. The highest BCUT2D eigenvalue weighted by Crippen LogP contribution is 2.37. The number of carbonyl (C=O) groups excluding carboxylic acids is 1. The van der Waals surface area contributed by atoms with E-state index >= 15 is 0 Å². The summed E-state index contributed by atoms with van der Waals surface area (Å²) >= 11 is 1.48. The van der Waals surface area contributed by atoms with Gasteiger partial charge in [-0.15, -0.1) is 0 Å². The highest BCUT2D eigenvalue weighted by Gasteiger charge is 2.22. The molecule has 0 radical (unpaired) electrons. The van der Waals surface area contributed by atoms with Crippen molar-refractivity contribution in [2.24, 2.45) is 0 Å². The largest absolute Gasteiger partial charge is 0.493 e. The lowest BCUT2D eigenvalue weighted by molar-refractivity contribution is 0.0986. The number of carbonyl (C=O) groups is 1. The van der Waals surface area contributed by atoms with Crippen LogP contribution in [0.2, 0.25) is 0 Å².